The maximum atomic E-state index is 12.0. The van der Waals surface area contributed by atoms with Crippen molar-refractivity contribution < 1.29 is 13.2 Å². The fraction of sp³-hybridized carbons (Fsp3) is 0.636. The number of thiazole rings is 1. The van der Waals surface area contributed by atoms with Crippen LogP contribution >= 0.6 is 11.3 Å². The molecule has 1 N–H and O–H groups in total. The van der Waals surface area contributed by atoms with Crippen molar-refractivity contribution in [3.63, 3.8) is 0 Å². The van der Waals surface area contributed by atoms with Gasteiger partial charge in [-0.05, 0) is 6.42 Å². The summed E-state index contributed by atoms with van der Waals surface area (Å²) in [7, 11) is -3.18. The van der Waals surface area contributed by atoms with Crippen molar-refractivity contribution in [3.8, 4) is 0 Å². The normalized spacial score (nSPS) is 17.8. The summed E-state index contributed by atoms with van der Waals surface area (Å²) in [6.45, 7) is 2.20. The van der Waals surface area contributed by atoms with E-state index in [0.717, 1.165) is 5.01 Å². The second-order valence-electron chi connectivity index (χ2n) is 4.59. The molecule has 7 nitrogen and oxygen atoms in total. The average Bonchev–Trinajstić information content (AvgIpc) is 2.76. The fourth-order valence-corrected chi connectivity index (χ4v) is 3.46. The molecule has 2 heterocycles. The first-order valence-electron chi connectivity index (χ1n) is 6.33. The van der Waals surface area contributed by atoms with Crippen molar-refractivity contribution in [3.05, 3.63) is 16.6 Å². The molecule has 1 aromatic rings. The Morgan fingerprint density at radius 3 is 2.85 bits per heavy atom. The molecule has 0 aliphatic carbocycles. The lowest BCUT2D eigenvalue weighted by Gasteiger charge is -2.21. The molecule has 2 rings (SSSR count). The molecule has 0 spiro atoms. The summed E-state index contributed by atoms with van der Waals surface area (Å²) in [5.74, 6) is 0. The Morgan fingerprint density at radius 1 is 1.40 bits per heavy atom. The van der Waals surface area contributed by atoms with Crippen LogP contribution in [0.15, 0.2) is 11.6 Å². The van der Waals surface area contributed by atoms with E-state index in [9.17, 15) is 13.2 Å². The lowest BCUT2D eigenvalue weighted by atomic mass is 10.4. The van der Waals surface area contributed by atoms with Crippen molar-refractivity contribution in [2.75, 3.05) is 32.4 Å². The first-order chi connectivity index (χ1) is 9.47. The number of rotatable bonds is 3. The molecular formula is C11H18N4O3S2. The molecule has 1 aliphatic heterocycles. The SMILES string of the molecule is CS(=O)(=O)N1CCCN(C(=O)NCc2nccs2)CC1. The van der Waals surface area contributed by atoms with Gasteiger partial charge in [-0.1, -0.05) is 0 Å². The fourth-order valence-electron chi connectivity index (χ4n) is 2.03. The lowest BCUT2D eigenvalue weighted by Crippen LogP contribution is -2.42. The van der Waals surface area contributed by atoms with E-state index in [1.54, 1.807) is 11.1 Å². The molecule has 0 bridgehead atoms. The van der Waals surface area contributed by atoms with E-state index in [0.29, 0.717) is 39.1 Å². The minimum absolute atomic E-state index is 0.171. The van der Waals surface area contributed by atoms with Crippen LogP contribution in [0.5, 0.6) is 0 Å². The van der Waals surface area contributed by atoms with Gasteiger partial charge in [-0.3, -0.25) is 0 Å². The zero-order valence-electron chi connectivity index (χ0n) is 11.3. The zero-order chi connectivity index (χ0) is 14.6. The Bertz CT molecular complexity index is 544. The number of nitrogens with one attached hydrogen (secondary N) is 1. The Hall–Kier alpha value is -1.19. The van der Waals surface area contributed by atoms with Crippen LogP contribution < -0.4 is 5.32 Å². The highest BCUT2D eigenvalue weighted by atomic mass is 32.2. The van der Waals surface area contributed by atoms with Crippen molar-refractivity contribution in [1.82, 2.24) is 19.5 Å². The van der Waals surface area contributed by atoms with E-state index in [4.69, 9.17) is 0 Å². The number of carbonyl (C=O) groups is 1. The number of nitrogens with zero attached hydrogens (tertiary/aromatic N) is 3. The summed E-state index contributed by atoms with van der Waals surface area (Å²) >= 11 is 1.49. The monoisotopic (exact) mass is 318 g/mol. The van der Waals surface area contributed by atoms with Crippen LogP contribution in [0.1, 0.15) is 11.4 Å². The number of carbonyl (C=O) groups excluding carboxylic acids is 1. The van der Waals surface area contributed by atoms with Crippen LogP contribution in [0, 0.1) is 0 Å². The van der Waals surface area contributed by atoms with Gasteiger partial charge in [0.05, 0.1) is 12.8 Å². The molecule has 0 saturated carbocycles. The third-order valence-corrected chi connectivity index (χ3v) is 5.17. The molecule has 0 radical (unpaired) electrons. The molecule has 0 aromatic carbocycles. The molecule has 2 amide bonds. The second-order valence-corrected chi connectivity index (χ2v) is 7.55. The van der Waals surface area contributed by atoms with Gasteiger partial charge < -0.3 is 10.2 Å². The Balaban J connectivity index is 1.85. The molecule has 0 unspecified atom stereocenters. The summed E-state index contributed by atoms with van der Waals surface area (Å²) in [4.78, 5) is 17.8. The minimum Gasteiger partial charge on any atom is -0.331 e. The van der Waals surface area contributed by atoms with Crippen molar-refractivity contribution >= 4 is 27.4 Å². The summed E-state index contributed by atoms with van der Waals surface area (Å²) in [5.41, 5.74) is 0. The number of hydrogen-bond acceptors (Lipinski definition) is 5. The van der Waals surface area contributed by atoms with Gasteiger partial charge in [0.1, 0.15) is 5.01 Å². The van der Waals surface area contributed by atoms with Gasteiger partial charge in [-0.15, -0.1) is 11.3 Å². The summed E-state index contributed by atoms with van der Waals surface area (Å²) < 4.78 is 24.4. The van der Waals surface area contributed by atoms with Crippen LogP contribution in [0.2, 0.25) is 0 Å². The zero-order valence-corrected chi connectivity index (χ0v) is 12.9. The summed E-state index contributed by atoms with van der Waals surface area (Å²) in [6, 6.07) is -0.171. The van der Waals surface area contributed by atoms with E-state index in [1.807, 2.05) is 5.38 Å². The smallest absolute Gasteiger partial charge is 0.317 e. The molecule has 1 aliphatic rings. The maximum absolute atomic E-state index is 12.0. The van der Waals surface area contributed by atoms with E-state index >= 15 is 0 Å². The summed E-state index contributed by atoms with van der Waals surface area (Å²) in [5, 5.41) is 5.51. The number of aromatic nitrogens is 1. The standard InChI is InChI=1S/C11H18N4O3S2/c1-20(17,18)15-5-2-4-14(6-7-15)11(16)13-9-10-12-3-8-19-10/h3,8H,2,4-7,9H2,1H3,(H,13,16). The van der Waals surface area contributed by atoms with E-state index in [-0.39, 0.29) is 6.03 Å². The van der Waals surface area contributed by atoms with Crippen molar-refractivity contribution in [2.24, 2.45) is 0 Å². The minimum atomic E-state index is -3.18. The van der Waals surface area contributed by atoms with Crippen molar-refractivity contribution in [1.29, 1.82) is 0 Å². The van der Waals surface area contributed by atoms with Crippen LogP contribution in [0.3, 0.4) is 0 Å². The predicted octanol–water partition coefficient (Wildman–Crippen LogP) is 0.320. The lowest BCUT2D eigenvalue weighted by molar-refractivity contribution is 0.200. The molecular weight excluding hydrogens is 300 g/mol. The molecule has 112 valence electrons. The third-order valence-electron chi connectivity index (χ3n) is 3.09. The van der Waals surface area contributed by atoms with Crippen LogP contribution in [0.4, 0.5) is 4.79 Å². The molecule has 1 fully saturated rings. The van der Waals surface area contributed by atoms with E-state index < -0.39 is 10.0 Å². The largest absolute Gasteiger partial charge is 0.331 e. The molecule has 9 heteroatoms. The molecule has 20 heavy (non-hydrogen) atoms. The maximum Gasteiger partial charge on any atom is 0.317 e. The van der Waals surface area contributed by atoms with Gasteiger partial charge in [0, 0.05) is 37.8 Å². The molecule has 1 saturated heterocycles. The Morgan fingerprint density at radius 2 is 2.20 bits per heavy atom. The summed E-state index contributed by atoms with van der Waals surface area (Å²) in [6.07, 6.45) is 3.55. The number of hydrogen-bond donors (Lipinski definition) is 1. The topological polar surface area (TPSA) is 82.6 Å². The highest BCUT2D eigenvalue weighted by Gasteiger charge is 2.23. The first-order valence-corrected chi connectivity index (χ1v) is 9.06. The van der Waals surface area contributed by atoms with Gasteiger partial charge in [0.25, 0.3) is 0 Å². The second kappa shape index (κ2) is 6.51. The number of amides is 2. The van der Waals surface area contributed by atoms with Gasteiger partial charge in [0.15, 0.2) is 0 Å². The van der Waals surface area contributed by atoms with Gasteiger partial charge in [-0.2, -0.15) is 0 Å². The molecule has 1 aromatic heterocycles. The van der Waals surface area contributed by atoms with Crippen LogP contribution in [0.25, 0.3) is 0 Å². The van der Waals surface area contributed by atoms with Crippen molar-refractivity contribution in [2.45, 2.75) is 13.0 Å². The molecule has 0 atom stereocenters. The number of urea groups is 1. The highest BCUT2D eigenvalue weighted by molar-refractivity contribution is 7.88. The van der Waals surface area contributed by atoms with Crippen LogP contribution in [-0.2, 0) is 16.6 Å². The van der Waals surface area contributed by atoms with Gasteiger partial charge in [-0.25, -0.2) is 22.5 Å². The Labute approximate surface area is 122 Å². The van der Waals surface area contributed by atoms with E-state index in [1.165, 1.54) is 21.9 Å². The highest BCUT2D eigenvalue weighted by Crippen LogP contribution is 2.08. The van der Waals surface area contributed by atoms with Crippen LogP contribution in [-0.4, -0.2) is 61.1 Å². The van der Waals surface area contributed by atoms with E-state index in [2.05, 4.69) is 10.3 Å². The van der Waals surface area contributed by atoms with Gasteiger partial charge in [0.2, 0.25) is 10.0 Å². The van der Waals surface area contributed by atoms with Gasteiger partial charge >= 0.3 is 6.03 Å². The average molecular weight is 318 g/mol. The Kier molecular flexibility index (Phi) is 4.95. The first kappa shape index (κ1) is 15.2. The number of sulfonamides is 1. The third kappa shape index (κ3) is 4.15. The predicted molar refractivity (Wildman–Crippen MR) is 77.0 cm³/mol. The quantitative estimate of drug-likeness (QED) is 0.870.